The summed E-state index contributed by atoms with van der Waals surface area (Å²) >= 11 is 0. The lowest BCUT2D eigenvalue weighted by molar-refractivity contribution is -0.159. The van der Waals surface area contributed by atoms with Gasteiger partial charge in [-0.25, -0.2) is 0 Å². The Morgan fingerprint density at radius 3 is 2.00 bits per heavy atom. The maximum Gasteiger partial charge on any atom is 0.320 e. The summed E-state index contributed by atoms with van der Waals surface area (Å²) in [7, 11) is 2.57. The Kier molecular flexibility index (Phi) is 10.0. The van der Waals surface area contributed by atoms with E-state index in [0.29, 0.717) is 6.42 Å². The first-order chi connectivity index (χ1) is 8.67. The molecule has 0 saturated heterocycles. The first-order valence-electron chi connectivity index (χ1n) is 6.44. The van der Waals surface area contributed by atoms with Gasteiger partial charge in [-0.1, -0.05) is 31.8 Å². The van der Waals surface area contributed by atoms with Crippen molar-refractivity contribution in [3.8, 4) is 0 Å². The van der Waals surface area contributed by atoms with Gasteiger partial charge in [0.1, 0.15) is 0 Å². The van der Waals surface area contributed by atoms with Crippen molar-refractivity contribution in [2.45, 2.75) is 44.9 Å². The Balaban J connectivity index is 3.80. The van der Waals surface area contributed by atoms with E-state index in [-0.39, 0.29) is 0 Å². The van der Waals surface area contributed by atoms with Crippen LogP contribution in [0.2, 0.25) is 0 Å². The summed E-state index contributed by atoms with van der Waals surface area (Å²) < 4.78 is 9.19. The number of esters is 2. The minimum absolute atomic E-state index is 0.501. The second-order valence-corrected chi connectivity index (χ2v) is 4.23. The molecule has 4 heteroatoms. The summed E-state index contributed by atoms with van der Waals surface area (Å²) in [5, 5.41) is 0. The molecule has 0 heterocycles. The topological polar surface area (TPSA) is 52.6 Å². The maximum absolute atomic E-state index is 11.4. The Morgan fingerprint density at radius 1 is 1.00 bits per heavy atom. The Labute approximate surface area is 109 Å². The van der Waals surface area contributed by atoms with Gasteiger partial charge < -0.3 is 9.47 Å². The van der Waals surface area contributed by atoms with Crippen LogP contribution < -0.4 is 0 Å². The molecule has 0 spiro atoms. The molecule has 0 saturated carbocycles. The highest BCUT2D eigenvalue weighted by Gasteiger charge is 2.27. The molecule has 0 bridgehead atoms. The molecule has 0 amide bonds. The molecule has 0 rings (SSSR count). The minimum Gasteiger partial charge on any atom is -0.468 e. The van der Waals surface area contributed by atoms with E-state index in [0.717, 1.165) is 38.5 Å². The van der Waals surface area contributed by atoms with Crippen LogP contribution in [-0.4, -0.2) is 26.2 Å². The third-order valence-corrected chi connectivity index (χ3v) is 2.87. The zero-order valence-corrected chi connectivity index (χ0v) is 11.4. The van der Waals surface area contributed by atoms with E-state index in [1.165, 1.54) is 14.2 Å². The monoisotopic (exact) mass is 256 g/mol. The highest BCUT2D eigenvalue weighted by Crippen LogP contribution is 2.15. The first kappa shape index (κ1) is 16.7. The van der Waals surface area contributed by atoms with Crippen molar-refractivity contribution in [1.82, 2.24) is 0 Å². The number of carbonyl (C=O) groups excluding carboxylic acids is 2. The second-order valence-electron chi connectivity index (χ2n) is 4.23. The summed E-state index contributed by atoms with van der Waals surface area (Å²) in [5.41, 5.74) is 0. The van der Waals surface area contributed by atoms with Gasteiger partial charge in [0.2, 0.25) is 0 Å². The fourth-order valence-corrected chi connectivity index (χ4v) is 1.78. The van der Waals surface area contributed by atoms with Gasteiger partial charge in [-0.05, 0) is 19.3 Å². The molecule has 0 unspecified atom stereocenters. The molecule has 0 atom stereocenters. The van der Waals surface area contributed by atoms with Crippen LogP contribution in [0.1, 0.15) is 44.9 Å². The third-order valence-electron chi connectivity index (χ3n) is 2.87. The summed E-state index contributed by atoms with van der Waals surface area (Å²) in [6.45, 7) is 3.67. The van der Waals surface area contributed by atoms with Crippen molar-refractivity contribution < 1.29 is 19.1 Å². The predicted molar refractivity (Wildman–Crippen MR) is 70.0 cm³/mol. The number of rotatable bonds is 10. The van der Waals surface area contributed by atoms with Crippen molar-refractivity contribution in [3.63, 3.8) is 0 Å². The van der Waals surface area contributed by atoms with E-state index in [2.05, 4.69) is 16.1 Å². The third kappa shape index (κ3) is 7.09. The van der Waals surface area contributed by atoms with Crippen LogP contribution in [0, 0.1) is 5.92 Å². The predicted octanol–water partition coefficient (Wildman–Crippen LogP) is 2.87. The molecule has 0 N–H and O–H groups in total. The number of carbonyl (C=O) groups is 2. The molecule has 4 nitrogen and oxygen atoms in total. The number of hydrogen-bond acceptors (Lipinski definition) is 4. The molecule has 104 valence electrons. The second kappa shape index (κ2) is 10.8. The summed E-state index contributed by atoms with van der Waals surface area (Å²) in [5.74, 6) is -1.78. The highest BCUT2D eigenvalue weighted by molar-refractivity contribution is 5.94. The van der Waals surface area contributed by atoms with Gasteiger partial charge in [-0.15, -0.1) is 6.58 Å². The van der Waals surface area contributed by atoms with E-state index in [9.17, 15) is 9.59 Å². The fourth-order valence-electron chi connectivity index (χ4n) is 1.78. The molecule has 0 radical (unpaired) electrons. The molecular formula is C14H24O4. The number of unbranched alkanes of at least 4 members (excludes halogenated alkanes) is 5. The van der Waals surface area contributed by atoms with Crippen LogP contribution >= 0.6 is 0 Å². The largest absolute Gasteiger partial charge is 0.468 e. The zero-order chi connectivity index (χ0) is 13.8. The SMILES string of the molecule is C=CCCCCCCCC(C(=O)OC)C(=O)OC. The smallest absolute Gasteiger partial charge is 0.320 e. The lowest BCUT2D eigenvalue weighted by atomic mass is 10.0. The van der Waals surface area contributed by atoms with E-state index in [1.54, 1.807) is 0 Å². The minimum atomic E-state index is -0.770. The van der Waals surface area contributed by atoms with E-state index < -0.39 is 17.9 Å². The standard InChI is InChI=1S/C14H24O4/c1-4-5-6-7-8-9-10-11-12(13(15)17-2)14(16)18-3/h4,12H,1,5-11H2,2-3H3. The molecule has 0 fully saturated rings. The molecule has 0 aromatic rings. The summed E-state index contributed by atoms with van der Waals surface area (Å²) in [6, 6.07) is 0. The summed E-state index contributed by atoms with van der Waals surface area (Å²) in [6.07, 6.45) is 8.75. The average molecular weight is 256 g/mol. The molecule has 18 heavy (non-hydrogen) atoms. The van der Waals surface area contributed by atoms with Gasteiger partial charge in [0.05, 0.1) is 14.2 Å². The lowest BCUT2D eigenvalue weighted by Gasteiger charge is -2.11. The number of ether oxygens (including phenoxy) is 2. The average Bonchev–Trinajstić information content (AvgIpc) is 2.40. The van der Waals surface area contributed by atoms with Gasteiger partial charge in [0.25, 0.3) is 0 Å². The van der Waals surface area contributed by atoms with Crippen molar-refractivity contribution in [3.05, 3.63) is 12.7 Å². The maximum atomic E-state index is 11.4. The van der Waals surface area contributed by atoms with Crippen LogP contribution in [0.25, 0.3) is 0 Å². The summed E-state index contributed by atoms with van der Waals surface area (Å²) in [4.78, 5) is 22.8. The molecule has 0 aliphatic carbocycles. The van der Waals surface area contributed by atoms with E-state index in [1.807, 2.05) is 6.08 Å². The highest BCUT2D eigenvalue weighted by atomic mass is 16.5. The lowest BCUT2D eigenvalue weighted by Crippen LogP contribution is -2.26. The molecule has 0 aliphatic heterocycles. The fraction of sp³-hybridized carbons (Fsp3) is 0.714. The Hall–Kier alpha value is -1.32. The Morgan fingerprint density at radius 2 is 1.50 bits per heavy atom. The quantitative estimate of drug-likeness (QED) is 0.261. The van der Waals surface area contributed by atoms with Crippen LogP contribution in [0.4, 0.5) is 0 Å². The number of methoxy groups -OCH3 is 2. The van der Waals surface area contributed by atoms with Crippen molar-refractivity contribution in [1.29, 1.82) is 0 Å². The van der Waals surface area contributed by atoms with E-state index >= 15 is 0 Å². The normalized spacial score (nSPS) is 10.2. The number of hydrogen-bond donors (Lipinski definition) is 0. The van der Waals surface area contributed by atoms with Gasteiger partial charge in [0.15, 0.2) is 5.92 Å². The Bertz CT molecular complexity index is 245. The molecule has 0 aromatic heterocycles. The van der Waals surface area contributed by atoms with Gasteiger partial charge in [-0.2, -0.15) is 0 Å². The van der Waals surface area contributed by atoms with E-state index in [4.69, 9.17) is 0 Å². The molecule has 0 aliphatic rings. The number of allylic oxidation sites excluding steroid dienone is 1. The van der Waals surface area contributed by atoms with Crippen LogP contribution in [0.3, 0.4) is 0 Å². The van der Waals surface area contributed by atoms with Gasteiger partial charge in [0, 0.05) is 0 Å². The molecule has 0 aromatic carbocycles. The zero-order valence-electron chi connectivity index (χ0n) is 11.4. The van der Waals surface area contributed by atoms with Crippen molar-refractivity contribution >= 4 is 11.9 Å². The van der Waals surface area contributed by atoms with Gasteiger partial charge in [-0.3, -0.25) is 9.59 Å². The first-order valence-corrected chi connectivity index (χ1v) is 6.44. The van der Waals surface area contributed by atoms with Crippen molar-refractivity contribution in [2.75, 3.05) is 14.2 Å². The molecular weight excluding hydrogens is 232 g/mol. The van der Waals surface area contributed by atoms with Crippen molar-refractivity contribution in [2.24, 2.45) is 5.92 Å². The van der Waals surface area contributed by atoms with Crippen LogP contribution in [0.5, 0.6) is 0 Å². The van der Waals surface area contributed by atoms with Crippen LogP contribution in [-0.2, 0) is 19.1 Å². The van der Waals surface area contributed by atoms with Gasteiger partial charge >= 0.3 is 11.9 Å². The van der Waals surface area contributed by atoms with Crippen LogP contribution in [0.15, 0.2) is 12.7 Å².